The molecule has 4 nitrogen and oxygen atoms in total. The zero-order valence-corrected chi connectivity index (χ0v) is 13.3. The quantitative estimate of drug-likeness (QED) is 0.849. The average molecular weight is 287 g/mol. The highest BCUT2D eigenvalue weighted by atomic mass is 16.5. The molecule has 1 heterocycles. The van der Waals surface area contributed by atoms with E-state index < -0.39 is 0 Å². The lowest BCUT2D eigenvalue weighted by molar-refractivity contribution is -0.0403. The summed E-state index contributed by atoms with van der Waals surface area (Å²) in [6.45, 7) is 9.94. The van der Waals surface area contributed by atoms with Crippen LogP contribution in [0.2, 0.25) is 0 Å². The second-order valence-corrected chi connectivity index (χ2v) is 5.53. The van der Waals surface area contributed by atoms with E-state index in [1.54, 1.807) is 0 Å². The summed E-state index contributed by atoms with van der Waals surface area (Å²) in [6.07, 6.45) is 1.84. The Balaban J connectivity index is 2.41. The molecule has 1 aromatic heterocycles. The van der Waals surface area contributed by atoms with Gasteiger partial charge in [-0.15, -0.1) is 0 Å². The van der Waals surface area contributed by atoms with Crippen molar-refractivity contribution in [2.24, 2.45) is 0 Å². The van der Waals surface area contributed by atoms with Crippen LogP contribution in [0.1, 0.15) is 39.4 Å². The minimum Gasteiger partial charge on any atom is -0.374 e. The maximum atomic E-state index is 5.96. The molecule has 21 heavy (non-hydrogen) atoms. The number of ether oxygens (including phenoxy) is 1. The zero-order chi connectivity index (χ0) is 15.3. The Labute approximate surface area is 127 Å². The Morgan fingerprint density at radius 3 is 2.52 bits per heavy atom. The van der Waals surface area contributed by atoms with Crippen LogP contribution in [0.15, 0.2) is 42.6 Å². The molecule has 0 saturated carbocycles. The molecule has 0 aliphatic heterocycles. The summed E-state index contributed by atoms with van der Waals surface area (Å²) in [5.74, 6) is 0. The third kappa shape index (κ3) is 3.52. The maximum Gasteiger partial charge on any atom is 0.0835 e. The van der Waals surface area contributed by atoms with E-state index in [1.807, 2.05) is 36.0 Å². The number of hydrogen-bond acceptors (Lipinski definition) is 3. The molecule has 1 aromatic carbocycles. The highest BCUT2D eigenvalue weighted by molar-refractivity contribution is 5.33. The third-order valence-corrected chi connectivity index (χ3v) is 3.59. The molecule has 0 amide bonds. The van der Waals surface area contributed by atoms with Crippen LogP contribution in [0.3, 0.4) is 0 Å². The van der Waals surface area contributed by atoms with E-state index in [-0.39, 0.29) is 11.6 Å². The van der Waals surface area contributed by atoms with Gasteiger partial charge < -0.3 is 10.1 Å². The van der Waals surface area contributed by atoms with Gasteiger partial charge >= 0.3 is 0 Å². The average Bonchev–Trinajstić information content (AvgIpc) is 2.94. The zero-order valence-electron chi connectivity index (χ0n) is 13.3. The molecule has 0 spiro atoms. The fourth-order valence-corrected chi connectivity index (χ4v) is 2.68. The maximum absolute atomic E-state index is 5.96. The predicted molar refractivity (Wildman–Crippen MR) is 85.7 cm³/mol. The lowest BCUT2D eigenvalue weighted by Crippen LogP contribution is -2.42. The summed E-state index contributed by atoms with van der Waals surface area (Å²) in [4.78, 5) is 0. The Morgan fingerprint density at radius 2 is 1.90 bits per heavy atom. The Hall–Kier alpha value is -1.65. The largest absolute Gasteiger partial charge is 0.374 e. The van der Waals surface area contributed by atoms with Crippen molar-refractivity contribution in [3.8, 4) is 5.69 Å². The summed E-state index contributed by atoms with van der Waals surface area (Å²) < 4.78 is 7.94. The van der Waals surface area contributed by atoms with Crippen molar-refractivity contribution < 1.29 is 4.74 Å². The molecular weight excluding hydrogens is 262 g/mol. The fraction of sp³-hybridized carbons (Fsp3) is 0.471. The number of benzene rings is 1. The molecule has 0 radical (unpaired) electrons. The van der Waals surface area contributed by atoms with Crippen molar-refractivity contribution in [2.75, 3.05) is 13.2 Å². The van der Waals surface area contributed by atoms with Crippen molar-refractivity contribution in [1.82, 2.24) is 15.1 Å². The number of hydrogen-bond donors (Lipinski definition) is 1. The van der Waals surface area contributed by atoms with Gasteiger partial charge in [-0.05, 0) is 45.5 Å². The Morgan fingerprint density at radius 1 is 1.19 bits per heavy atom. The number of rotatable bonds is 7. The van der Waals surface area contributed by atoms with E-state index in [1.165, 1.54) is 0 Å². The van der Waals surface area contributed by atoms with E-state index in [9.17, 15) is 0 Å². The van der Waals surface area contributed by atoms with E-state index in [0.717, 1.165) is 17.9 Å². The van der Waals surface area contributed by atoms with Crippen molar-refractivity contribution in [2.45, 2.75) is 39.3 Å². The number of para-hydroxylation sites is 1. The van der Waals surface area contributed by atoms with Crippen LogP contribution in [-0.4, -0.2) is 28.5 Å². The molecule has 0 bridgehead atoms. The SMILES string of the molecule is CCNC(c1ccnn1-c1ccccc1)C(C)(C)OCC. The van der Waals surface area contributed by atoms with Crippen LogP contribution in [0.25, 0.3) is 5.69 Å². The fourth-order valence-electron chi connectivity index (χ4n) is 2.68. The smallest absolute Gasteiger partial charge is 0.0835 e. The van der Waals surface area contributed by atoms with Gasteiger partial charge in [0.1, 0.15) is 0 Å². The second-order valence-electron chi connectivity index (χ2n) is 5.53. The van der Waals surface area contributed by atoms with Crippen LogP contribution in [0.4, 0.5) is 0 Å². The first-order chi connectivity index (χ1) is 10.1. The van der Waals surface area contributed by atoms with Gasteiger partial charge in [-0.25, -0.2) is 4.68 Å². The monoisotopic (exact) mass is 287 g/mol. The molecule has 0 aliphatic carbocycles. The molecule has 0 aliphatic rings. The third-order valence-electron chi connectivity index (χ3n) is 3.59. The van der Waals surface area contributed by atoms with Crippen LogP contribution >= 0.6 is 0 Å². The van der Waals surface area contributed by atoms with Crippen LogP contribution in [0.5, 0.6) is 0 Å². The number of nitrogens with one attached hydrogen (secondary N) is 1. The van der Waals surface area contributed by atoms with Crippen molar-refractivity contribution in [1.29, 1.82) is 0 Å². The first-order valence-corrected chi connectivity index (χ1v) is 7.56. The molecule has 114 valence electrons. The lowest BCUT2D eigenvalue weighted by Gasteiger charge is -2.35. The van der Waals surface area contributed by atoms with Crippen molar-refractivity contribution in [3.63, 3.8) is 0 Å². The topological polar surface area (TPSA) is 39.1 Å². The van der Waals surface area contributed by atoms with E-state index >= 15 is 0 Å². The Kier molecular flexibility index (Phi) is 5.15. The molecular formula is C17H25N3O. The summed E-state index contributed by atoms with van der Waals surface area (Å²) in [5, 5.41) is 8.02. The summed E-state index contributed by atoms with van der Waals surface area (Å²) in [5.41, 5.74) is 1.87. The lowest BCUT2D eigenvalue weighted by atomic mass is 9.95. The van der Waals surface area contributed by atoms with Gasteiger partial charge in [0.15, 0.2) is 0 Å². The molecule has 2 rings (SSSR count). The standard InChI is InChI=1S/C17H25N3O/c1-5-18-16(17(3,4)21-6-2)15-12-13-19-20(15)14-10-8-7-9-11-14/h7-13,16,18H,5-6H2,1-4H3. The van der Waals surface area contributed by atoms with Crippen molar-refractivity contribution >= 4 is 0 Å². The highest BCUT2D eigenvalue weighted by Crippen LogP contribution is 2.30. The second kappa shape index (κ2) is 6.87. The first kappa shape index (κ1) is 15.7. The van der Waals surface area contributed by atoms with Gasteiger partial charge in [0.05, 0.1) is 23.0 Å². The van der Waals surface area contributed by atoms with Gasteiger partial charge in [-0.2, -0.15) is 5.10 Å². The summed E-state index contributed by atoms with van der Waals surface area (Å²) in [7, 11) is 0. The Bertz CT molecular complexity index is 548. The summed E-state index contributed by atoms with van der Waals surface area (Å²) in [6, 6.07) is 12.3. The van der Waals surface area contributed by atoms with Gasteiger partial charge in [0, 0.05) is 12.8 Å². The van der Waals surface area contributed by atoms with E-state index in [4.69, 9.17) is 4.74 Å². The van der Waals surface area contributed by atoms with Gasteiger partial charge in [-0.3, -0.25) is 0 Å². The minimum atomic E-state index is -0.308. The molecule has 0 fully saturated rings. The van der Waals surface area contributed by atoms with E-state index in [2.05, 4.69) is 49.4 Å². The predicted octanol–water partition coefficient (Wildman–Crippen LogP) is 3.34. The van der Waals surface area contributed by atoms with Crippen molar-refractivity contribution in [3.05, 3.63) is 48.3 Å². The number of nitrogens with zero attached hydrogens (tertiary/aromatic N) is 2. The normalized spacial score (nSPS) is 13.3. The summed E-state index contributed by atoms with van der Waals surface area (Å²) >= 11 is 0. The van der Waals surface area contributed by atoms with E-state index in [0.29, 0.717) is 6.61 Å². The highest BCUT2D eigenvalue weighted by Gasteiger charge is 2.33. The molecule has 4 heteroatoms. The first-order valence-electron chi connectivity index (χ1n) is 7.56. The molecule has 1 N–H and O–H groups in total. The van der Waals surface area contributed by atoms with Crippen LogP contribution in [-0.2, 0) is 4.74 Å². The number of likely N-dealkylation sites (N-methyl/N-ethyl adjacent to an activating group) is 1. The van der Waals surface area contributed by atoms with Gasteiger partial charge in [0.25, 0.3) is 0 Å². The minimum absolute atomic E-state index is 0.0742. The molecule has 0 saturated heterocycles. The molecule has 1 unspecified atom stereocenters. The number of aromatic nitrogens is 2. The van der Waals surface area contributed by atoms with Crippen LogP contribution < -0.4 is 5.32 Å². The molecule has 1 atom stereocenters. The van der Waals surface area contributed by atoms with Crippen LogP contribution in [0, 0.1) is 0 Å². The van der Waals surface area contributed by atoms with Gasteiger partial charge in [0.2, 0.25) is 0 Å². The van der Waals surface area contributed by atoms with Gasteiger partial charge in [-0.1, -0.05) is 25.1 Å². The molecule has 2 aromatic rings.